The summed E-state index contributed by atoms with van der Waals surface area (Å²) in [5.74, 6) is -0.504. The van der Waals surface area contributed by atoms with Gasteiger partial charge in [0.1, 0.15) is 5.82 Å². The van der Waals surface area contributed by atoms with Crippen molar-refractivity contribution in [2.45, 2.75) is 13.1 Å². The van der Waals surface area contributed by atoms with Crippen LogP contribution in [0.15, 0.2) is 40.9 Å². The third-order valence-corrected chi connectivity index (χ3v) is 3.45. The molecule has 2 aromatic rings. The van der Waals surface area contributed by atoms with Crippen LogP contribution in [-0.4, -0.2) is 11.0 Å². The molecule has 0 radical (unpaired) electrons. The van der Waals surface area contributed by atoms with Crippen LogP contribution in [0.3, 0.4) is 0 Å². The zero-order valence-corrected chi connectivity index (χ0v) is 11.0. The Balaban J connectivity index is 2.02. The van der Waals surface area contributed by atoms with E-state index in [1.165, 1.54) is 17.0 Å². The van der Waals surface area contributed by atoms with Gasteiger partial charge in [-0.25, -0.2) is 4.39 Å². The van der Waals surface area contributed by atoms with Gasteiger partial charge in [-0.3, -0.25) is 0 Å². The molecule has 0 aliphatic heterocycles. The third-order valence-electron chi connectivity index (χ3n) is 2.57. The Morgan fingerprint density at radius 2 is 2.21 bits per heavy atom. The first-order valence-corrected chi connectivity index (χ1v) is 6.57. The lowest BCUT2D eigenvalue weighted by molar-refractivity contribution is 0.318. The lowest BCUT2D eigenvalue weighted by Gasteiger charge is -2.06. The fourth-order valence-electron chi connectivity index (χ4n) is 1.70. The van der Waals surface area contributed by atoms with Crippen molar-refractivity contribution in [1.29, 1.82) is 0 Å². The van der Waals surface area contributed by atoms with Crippen molar-refractivity contribution in [3.05, 3.63) is 57.5 Å². The average molecular weight is 279 g/mol. The van der Waals surface area contributed by atoms with Gasteiger partial charge in [-0.1, -0.05) is 11.2 Å². The molecule has 0 bridgehead atoms. The molecular weight excluding hydrogens is 265 g/mol. The van der Waals surface area contributed by atoms with Crippen LogP contribution in [0.4, 0.5) is 4.39 Å². The van der Waals surface area contributed by atoms with Crippen LogP contribution in [0.1, 0.15) is 16.0 Å². The van der Waals surface area contributed by atoms with E-state index >= 15 is 0 Å². The van der Waals surface area contributed by atoms with Crippen LogP contribution in [0.5, 0.6) is 0 Å². The van der Waals surface area contributed by atoms with E-state index in [-0.39, 0.29) is 5.84 Å². The smallest absolute Gasteiger partial charge is 0.170 e. The largest absolute Gasteiger partial charge is 0.409 e. The molecule has 1 aromatic carbocycles. The van der Waals surface area contributed by atoms with Gasteiger partial charge in [0, 0.05) is 23.5 Å². The zero-order chi connectivity index (χ0) is 13.7. The second-order valence-electron chi connectivity index (χ2n) is 4.02. The fourth-order valence-corrected chi connectivity index (χ4v) is 2.38. The molecule has 0 aliphatic rings. The Bertz CT molecular complexity index is 569. The van der Waals surface area contributed by atoms with Gasteiger partial charge in [-0.15, -0.1) is 11.3 Å². The van der Waals surface area contributed by atoms with Crippen LogP contribution in [0.25, 0.3) is 0 Å². The second kappa shape index (κ2) is 6.31. The van der Waals surface area contributed by atoms with Gasteiger partial charge in [-0.2, -0.15) is 0 Å². The molecule has 0 unspecified atom stereocenters. The lowest BCUT2D eigenvalue weighted by atomic mass is 10.1. The molecule has 4 nitrogen and oxygen atoms in total. The van der Waals surface area contributed by atoms with Gasteiger partial charge in [0.05, 0.1) is 0 Å². The first-order valence-electron chi connectivity index (χ1n) is 5.69. The molecule has 0 fully saturated rings. The number of hydrogen-bond acceptors (Lipinski definition) is 4. The molecule has 1 heterocycles. The molecule has 0 atom stereocenters. The van der Waals surface area contributed by atoms with Crippen molar-refractivity contribution in [3.8, 4) is 0 Å². The molecule has 0 saturated carbocycles. The number of halogens is 1. The van der Waals surface area contributed by atoms with E-state index in [1.54, 1.807) is 17.4 Å². The van der Waals surface area contributed by atoms with Crippen molar-refractivity contribution >= 4 is 17.2 Å². The minimum absolute atomic E-state index is 0.0981. The van der Waals surface area contributed by atoms with E-state index in [4.69, 9.17) is 10.9 Å². The molecule has 0 aliphatic carbocycles. The number of thiophene rings is 1. The Labute approximate surface area is 114 Å². The highest BCUT2D eigenvalue weighted by Gasteiger charge is 2.05. The van der Waals surface area contributed by atoms with E-state index in [1.807, 2.05) is 17.5 Å². The predicted molar refractivity (Wildman–Crippen MR) is 73.8 cm³/mol. The lowest BCUT2D eigenvalue weighted by Crippen LogP contribution is -2.16. The Kier molecular flexibility index (Phi) is 4.48. The quantitative estimate of drug-likeness (QED) is 0.340. The highest BCUT2D eigenvalue weighted by atomic mass is 32.1. The molecule has 6 heteroatoms. The van der Waals surface area contributed by atoms with Crippen LogP contribution in [-0.2, 0) is 13.1 Å². The van der Waals surface area contributed by atoms with Crippen LogP contribution in [0, 0.1) is 5.82 Å². The SMILES string of the molecule is N/C(=N/O)c1cc(F)cc(CNCc2cccs2)c1. The normalized spacial score (nSPS) is 11.7. The van der Waals surface area contributed by atoms with E-state index < -0.39 is 5.82 Å². The summed E-state index contributed by atoms with van der Waals surface area (Å²) in [6.45, 7) is 1.24. The van der Waals surface area contributed by atoms with Crippen LogP contribution >= 0.6 is 11.3 Å². The number of nitrogens with one attached hydrogen (secondary N) is 1. The number of nitrogens with two attached hydrogens (primary N) is 1. The summed E-state index contributed by atoms with van der Waals surface area (Å²) in [6.07, 6.45) is 0. The topological polar surface area (TPSA) is 70.6 Å². The minimum atomic E-state index is -0.406. The second-order valence-corrected chi connectivity index (χ2v) is 5.05. The summed E-state index contributed by atoms with van der Waals surface area (Å²) >= 11 is 1.66. The molecule has 0 spiro atoms. The maximum atomic E-state index is 13.4. The molecule has 2 rings (SSSR count). The summed E-state index contributed by atoms with van der Waals surface area (Å²) < 4.78 is 13.4. The van der Waals surface area contributed by atoms with E-state index in [2.05, 4.69) is 10.5 Å². The molecule has 1 aromatic heterocycles. The monoisotopic (exact) mass is 279 g/mol. The van der Waals surface area contributed by atoms with Crippen molar-refractivity contribution in [1.82, 2.24) is 5.32 Å². The number of amidine groups is 1. The van der Waals surface area contributed by atoms with Crippen molar-refractivity contribution < 1.29 is 9.60 Å². The standard InChI is InChI=1S/C13H14FN3OS/c14-11-5-9(4-10(6-11)13(15)17-18)7-16-8-12-2-1-3-19-12/h1-6,16,18H,7-8H2,(H2,15,17). The number of hydrogen-bond donors (Lipinski definition) is 3. The third kappa shape index (κ3) is 3.77. The summed E-state index contributed by atoms with van der Waals surface area (Å²) in [5.41, 5.74) is 6.57. The summed E-state index contributed by atoms with van der Waals surface area (Å²) in [7, 11) is 0. The number of nitrogens with zero attached hydrogens (tertiary/aromatic N) is 1. The summed E-state index contributed by atoms with van der Waals surface area (Å²) in [6, 6.07) is 8.37. The molecule has 0 saturated heterocycles. The predicted octanol–water partition coefficient (Wildman–Crippen LogP) is 2.27. The number of rotatable bonds is 5. The van der Waals surface area contributed by atoms with Gasteiger partial charge in [0.25, 0.3) is 0 Å². The van der Waals surface area contributed by atoms with E-state index in [9.17, 15) is 4.39 Å². The first kappa shape index (κ1) is 13.5. The van der Waals surface area contributed by atoms with Gasteiger partial charge in [0.15, 0.2) is 5.84 Å². The maximum Gasteiger partial charge on any atom is 0.170 e. The Hall–Kier alpha value is -1.92. The summed E-state index contributed by atoms with van der Waals surface area (Å²) in [4.78, 5) is 1.22. The Morgan fingerprint density at radius 3 is 2.89 bits per heavy atom. The highest BCUT2D eigenvalue weighted by Crippen LogP contribution is 2.11. The zero-order valence-electron chi connectivity index (χ0n) is 10.1. The first-order chi connectivity index (χ1) is 9.19. The fraction of sp³-hybridized carbons (Fsp3) is 0.154. The van der Waals surface area contributed by atoms with Gasteiger partial charge >= 0.3 is 0 Å². The number of benzene rings is 1. The molecular formula is C13H14FN3OS. The minimum Gasteiger partial charge on any atom is -0.409 e. The van der Waals surface area contributed by atoms with Gasteiger partial charge < -0.3 is 16.3 Å². The van der Waals surface area contributed by atoms with Crippen molar-refractivity contribution in [3.63, 3.8) is 0 Å². The highest BCUT2D eigenvalue weighted by molar-refractivity contribution is 7.09. The van der Waals surface area contributed by atoms with Gasteiger partial charge in [0.2, 0.25) is 0 Å². The number of oxime groups is 1. The molecule has 100 valence electrons. The van der Waals surface area contributed by atoms with E-state index in [0.29, 0.717) is 12.1 Å². The van der Waals surface area contributed by atoms with E-state index in [0.717, 1.165) is 12.1 Å². The van der Waals surface area contributed by atoms with Gasteiger partial charge in [-0.05, 0) is 35.2 Å². The summed E-state index contributed by atoms with van der Waals surface area (Å²) in [5, 5.41) is 16.7. The maximum absolute atomic E-state index is 13.4. The Morgan fingerprint density at radius 1 is 1.37 bits per heavy atom. The molecule has 4 N–H and O–H groups in total. The molecule has 0 amide bonds. The van der Waals surface area contributed by atoms with Crippen molar-refractivity contribution in [2.24, 2.45) is 10.9 Å². The molecule has 19 heavy (non-hydrogen) atoms. The average Bonchev–Trinajstić information content (AvgIpc) is 2.90. The van der Waals surface area contributed by atoms with Crippen LogP contribution in [0.2, 0.25) is 0 Å². The van der Waals surface area contributed by atoms with Crippen LogP contribution < -0.4 is 11.1 Å². The van der Waals surface area contributed by atoms with Crippen molar-refractivity contribution in [2.75, 3.05) is 0 Å².